The van der Waals surface area contributed by atoms with Gasteiger partial charge in [0.05, 0.1) is 17.1 Å². The SMILES string of the molecule is O=c1[nH]c2ccccc2c(=O)n1N=Cc1c(OCc2ccc(Br)cc2Br)ccc2ccccc12. The minimum absolute atomic E-state index is 0.323. The summed E-state index contributed by atoms with van der Waals surface area (Å²) in [5, 5.41) is 6.52. The zero-order chi connectivity index (χ0) is 23.7. The molecule has 0 saturated heterocycles. The van der Waals surface area contributed by atoms with Crippen LogP contribution in [0.5, 0.6) is 5.75 Å². The van der Waals surface area contributed by atoms with Crippen LogP contribution in [-0.4, -0.2) is 15.9 Å². The maximum Gasteiger partial charge on any atom is 0.349 e. The first-order valence-electron chi connectivity index (χ1n) is 10.4. The second-order valence-electron chi connectivity index (χ2n) is 7.56. The lowest BCUT2D eigenvalue weighted by molar-refractivity contribution is 0.305. The molecular formula is C26H17Br2N3O3. The van der Waals surface area contributed by atoms with E-state index in [1.54, 1.807) is 24.3 Å². The third kappa shape index (κ3) is 4.34. The fraction of sp³-hybridized carbons (Fsp3) is 0.0385. The van der Waals surface area contributed by atoms with Crippen LogP contribution >= 0.6 is 31.9 Å². The molecule has 1 aromatic heterocycles. The molecule has 5 aromatic rings. The number of aromatic nitrogens is 2. The zero-order valence-corrected chi connectivity index (χ0v) is 20.8. The number of halogens is 2. The van der Waals surface area contributed by atoms with Crippen molar-refractivity contribution in [3.05, 3.63) is 120 Å². The van der Waals surface area contributed by atoms with E-state index >= 15 is 0 Å². The third-order valence-electron chi connectivity index (χ3n) is 5.42. The summed E-state index contributed by atoms with van der Waals surface area (Å²) in [5.74, 6) is 0.586. The van der Waals surface area contributed by atoms with Gasteiger partial charge in [-0.3, -0.25) is 4.79 Å². The van der Waals surface area contributed by atoms with Crippen LogP contribution in [0.3, 0.4) is 0 Å². The molecule has 0 amide bonds. The van der Waals surface area contributed by atoms with Gasteiger partial charge in [-0.15, -0.1) is 4.68 Å². The first-order chi connectivity index (χ1) is 16.5. The number of hydrogen-bond acceptors (Lipinski definition) is 4. The van der Waals surface area contributed by atoms with Crippen LogP contribution in [0.1, 0.15) is 11.1 Å². The van der Waals surface area contributed by atoms with Crippen LogP contribution < -0.4 is 16.0 Å². The molecule has 8 heteroatoms. The van der Waals surface area contributed by atoms with Gasteiger partial charge in [-0.2, -0.15) is 5.10 Å². The van der Waals surface area contributed by atoms with Gasteiger partial charge in [-0.05, 0) is 41.1 Å². The van der Waals surface area contributed by atoms with Crippen molar-refractivity contribution < 1.29 is 4.74 Å². The molecule has 4 aromatic carbocycles. The summed E-state index contributed by atoms with van der Waals surface area (Å²) in [6, 6.07) is 24.3. The lowest BCUT2D eigenvalue weighted by atomic mass is 10.0. The molecule has 0 atom stereocenters. The summed E-state index contributed by atoms with van der Waals surface area (Å²) < 4.78 is 8.88. The number of nitrogens with one attached hydrogen (secondary N) is 1. The number of ether oxygens (including phenoxy) is 1. The molecule has 0 aliphatic carbocycles. The molecule has 0 saturated carbocycles. The predicted octanol–water partition coefficient (Wildman–Crippen LogP) is 5.83. The van der Waals surface area contributed by atoms with Crippen LogP contribution in [-0.2, 0) is 6.61 Å². The van der Waals surface area contributed by atoms with Crippen molar-refractivity contribution in [2.24, 2.45) is 5.10 Å². The lowest BCUT2D eigenvalue weighted by Gasteiger charge is -2.13. The highest BCUT2D eigenvalue weighted by atomic mass is 79.9. The van der Waals surface area contributed by atoms with Gasteiger partial charge in [0.15, 0.2) is 0 Å². The van der Waals surface area contributed by atoms with E-state index in [9.17, 15) is 9.59 Å². The molecule has 0 spiro atoms. The largest absolute Gasteiger partial charge is 0.488 e. The third-order valence-corrected chi connectivity index (χ3v) is 6.65. The highest BCUT2D eigenvalue weighted by molar-refractivity contribution is 9.11. The summed E-state index contributed by atoms with van der Waals surface area (Å²) in [5.41, 5.74) is 1.02. The first-order valence-corrected chi connectivity index (χ1v) is 12.0. The standard InChI is InChI=1S/C26H17Br2N3O3/c27-18-11-9-17(22(28)13-18)15-34-24-12-10-16-5-1-2-6-19(16)21(24)14-29-31-25(32)20-7-3-4-8-23(20)30-26(31)33/h1-14H,15H2,(H,30,33). The van der Waals surface area contributed by atoms with Crippen molar-refractivity contribution in [2.45, 2.75) is 6.61 Å². The van der Waals surface area contributed by atoms with E-state index in [0.717, 1.165) is 30.0 Å². The second-order valence-corrected chi connectivity index (χ2v) is 9.33. The molecule has 0 fully saturated rings. The van der Waals surface area contributed by atoms with Crippen molar-refractivity contribution >= 4 is 59.7 Å². The van der Waals surface area contributed by atoms with Crippen LogP contribution in [0.25, 0.3) is 21.7 Å². The van der Waals surface area contributed by atoms with E-state index in [1.807, 2.05) is 54.6 Å². The first kappa shape index (κ1) is 22.3. The summed E-state index contributed by atoms with van der Waals surface area (Å²) in [6.07, 6.45) is 1.50. The van der Waals surface area contributed by atoms with Gasteiger partial charge in [0.2, 0.25) is 0 Å². The summed E-state index contributed by atoms with van der Waals surface area (Å²) in [7, 11) is 0. The van der Waals surface area contributed by atoms with Gasteiger partial charge in [0.25, 0.3) is 5.56 Å². The van der Waals surface area contributed by atoms with Gasteiger partial charge in [-0.25, -0.2) is 4.79 Å². The van der Waals surface area contributed by atoms with Crippen molar-refractivity contribution in [3.8, 4) is 5.75 Å². The minimum Gasteiger partial charge on any atom is -0.488 e. The van der Waals surface area contributed by atoms with Crippen LogP contribution in [0, 0.1) is 0 Å². The van der Waals surface area contributed by atoms with E-state index in [-0.39, 0.29) is 0 Å². The Morgan fingerprint density at radius 1 is 0.912 bits per heavy atom. The van der Waals surface area contributed by atoms with Crippen LogP contribution in [0.15, 0.2) is 102 Å². The molecule has 0 aliphatic heterocycles. The van der Waals surface area contributed by atoms with E-state index in [2.05, 4.69) is 41.9 Å². The predicted molar refractivity (Wildman–Crippen MR) is 142 cm³/mol. The molecule has 0 aliphatic rings. The number of fused-ring (bicyclic) bond motifs is 2. The number of aromatic amines is 1. The average Bonchev–Trinajstić information content (AvgIpc) is 2.84. The Bertz CT molecular complexity index is 1690. The molecule has 1 N–H and O–H groups in total. The van der Waals surface area contributed by atoms with Gasteiger partial charge in [-0.1, -0.05) is 80.4 Å². The zero-order valence-electron chi connectivity index (χ0n) is 17.7. The van der Waals surface area contributed by atoms with E-state index < -0.39 is 11.2 Å². The van der Waals surface area contributed by atoms with Gasteiger partial charge >= 0.3 is 5.69 Å². The molecule has 168 valence electrons. The monoisotopic (exact) mass is 577 g/mol. The molecule has 0 unspecified atom stereocenters. The van der Waals surface area contributed by atoms with Crippen molar-refractivity contribution in [3.63, 3.8) is 0 Å². The number of hydrogen-bond donors (Lipinski definition) is 1. The van der Waals surface area contributed by atoms with Crippen molar-refractivity contribution in [1.82, 2.24) is 9.66 Å². The maximum atomic E-state index is 12.9. The summed E-state index contributed by atoms with van der Waals surface area (Å²) in [4.78, 5) is 28.1. The lowest BCUT2D eigenvalue weighted by Crippen LogP contribution is -2.32. The van der Waals surface area contributed by atoms with Gasteiger partial charge in [0, 0.05) is 20.1 Å². The Balaban J connectivity index is 1.58. The Hall–Kier alpha value is -3.49. The fourth-order valence-corrected chi connectivity index (χ4v) is 4.86. The molecule has 0 radical (unpaired) electrons. The average molecular weight is 579 g/mol. The van der Waals surface area contributed by atoms with Crippen LogP contribution in [0.4, 0.5) is 0 Å². The van der Waals surface area contributed by atoms with Gasteiger partial charge < -0.3 is 9.72 Å². The highest BCUT2D eigenvalue weighted by Gasteiger charge is 2.11. The van der Waals surface area contributed by atoms with E-state index in [4.69, 9.17) is 4.74 Å². The van der Waals surface area contributed by atoms with Crippen molar-refractivity contribution in [2.75, 3.05) is 0 Å². The molecule has 34 heavy (non-hydrogen) atoms. The van der Waals surface area contributed by atoms with E-state index in [0.29, 0.717) is 28.8 Å². The smallest absolute Gasteiger partial charge is 0.349 e. The number of benzene rings is 4. The Kier molecular flexibility index (Phi) is 6.17. The molecule has 0 bridgehead atoms. The summed E-state index contributed by atoms with van der Waals surface area (Å²) in [6.45, 7) is 0.323. The Labute approximate surface area is 210 Å². The van der Waals surface area contributed by atoms with Gasteiger partial charge in [0.1, 0.15) is 12.4 Å². The van der Waals surface area contributed by atoms with E-state index in [1.165, 1.54) is 6.21 Å². The topological polar surface area (TPSA) is 76.5 Å². The highest BCUT2D eigenvalue weighted by Crippen LogP contribution is 2.29. The van der Waals surface area contributed by atoms with Crippen molar-refractivity contribution in [1.29, 1.82) is 0 Å². The Morgan fingerprint density at radius 2 is 1.68 bits per heavy atom. The normalized spacial score (nSPS) is 11.5. The number of para-hydroxylation sites is 1. The number of nitrogens with zero attached hydrogens (tertiary/aromatic N) is 2. The minimum atomic E-state index is -0.610. The number of rotatable bonds is 5. The molecular weight excluding hydrogens is 562 g/mol. The molecule has 1 heterocycles. The quantitative estimate of drug-likeness (QED) is 0.267. The Morgan fingerprint density at radius 3 is 2.50 bits per heavy atom. The van der Waals surface area contributed by atoms with Crippen LogP contribution in [0.2, 0.25) is 0 Å². The second kappa shape index (κ2) is 9.40. The molecule has 5 rings (SSSR count). The molecule has 6 nitrogen and oxygen atoms in total. The maximum absolute atomic E-state index is 12.9. The summed E-state index contributed by atoms with van der Waals surface area (Å²) >= 11 is 7.02. The number of H-pyrrole nitrogens is 1. The fourth-order valence-electron chi connectivity index (χ4n) is 3.70.